The van der Waals surface area contributed by atoms with Crippen molar-refractivity contribution >= 4 is 50.2 Å². The average Bonchev–Trinajstić information content (AvgIpc) is 3.56. The van der Waals surface area contributed by atoms with Gasteiger partial charge in [-0.25, -0.2) is 4.98 Å². The van der Waals surface area contributed by atoms with Crippen LogP contribution >= 0.6 is 0 Å². The minimum atomic E-state index is 1.01. The molecule has 0 bridgehead atoms. The topological polar surface area (TPSA) is 17.8 Å². The lowest BCUT2D eigenvalue weighted by atomic mass is 9.84. The molecule has 3 aliphatic carbocycles. The van der Waals surface area contributed by atoms with Crippen LogP contribution in [-0.2, 0) is 12.8 Å². The molecular formula is C47H36N2. The molecule has 0 radical (unpaired) electrons. The second-order valence-corrected chi connectivity index (χ2v) is 13.6. The van der Waals surface area contributed by atoms with E-state index in [0.717, 1.165) is 55.6 Å². The number of benzene rings is 6. The SMILES string of the molecule is C1=CCCC(n2c(-c3ccc4c(-c5ccc6c(c5)C=CCC6)c5ccccc5c(-c5ccc6ccccc6c5)c4c3)nc3c2CCC=C3)=C1. The third-order valence-corrected chi connectivity index (χ3v) is 10.7. The van der Waals surface area contributed by atoms with Gasteiger partial charge in [-0.05, 0) is 135 Å². The van der Waals surface area contributed by atoms with E-state index in [9.17, 15) is 0 Å². The molecule has 49 heavy (non-hydrogen) atoms. The van der Waals surface area contributed by atoms with Crippen LogP contribution in [0.25, 0.3) is 83.8 Å². The molecule has 0 unspecified atom stereocenters. The molecule has 10 rings (SSSR count). The van der Waals surface area contributed by atoms with Gasteiger partial charge in [0, 0.05) is 11.3 Å². The zero-order chi connectivity index (χ0) is 32.3. The first-order valence-corrected chi connectivity index (χ1v) is 17.7. The van der Waals surface area contributed by atoms with E-state index >= 15 is 0 Å². The van der Waals surface area contributed by atoms with E-state index < -0.39 is 0 Å². The molecule has 7 aromatic rings. The van der Waals surface area contributed by atoms with Crippen molar-refractivity contribution in [3.05, 3.63) is 156 Å². The van der Waals surface area contributed by atoms with Crippen LogP contribution in [0.5, 0.6) is 0 Å². The summed E-state index contributed by atoms with van der Waals surface area (Å²) >= 11 is 0. The summed E-state index contributed by atoms with van der Waals surface area (Å²) in [5, 5.41) is 7.60. The van der Waals surface area contributed by atoms with Crippen LogP contribution in [0.15, 0.2) is 134 Å². The normalized spacial score (nSPS) is 15.1. The second kappa shape index (κ2) is 11.5. The van der Waals surface area contributed by atoms with E-state index in [0.29, 0.717) is 0 Å². The highest BCUT2D eigenvalue weighted by atomic mass is 15.1. The van der Waals surface area contributed by atoms with Gasteiger partial charge in [0.15, 0.2) is 0 Å². The molecule has 6 aromatic carbocycles. The highest BCUT2D eigenvalue weighted by Crippen LogP contribution is 2.46. The van der Waals surface area contributed by atoms with Crippen LogP contribution in [-0.4, -0.2) is 9.55 Å². The van der Waals surface area contributed by atoms with Crippen molar-refractivity contribution < 1.29 is 0 Å². The lowest BCUT2D eigenvalue weighted by Gasteiger charge is -2.21. The molecule has 0 spiro atoms. The fourth-order valence-electron chi connectivity index (χ4n) is 8.41. The molecule has 0 atom stereocenters. The number of aromatic nitrogens is 2. The lowest BCUT2D eigenvalue weighted by molar-refractivity contribution is 0.853. The monoisotopic (exact) mass is 628 g/mol. The van der Waals surface area contributed by atoms with Crippen molar-refractivity contribution in [3.63, 3.8) is 0 Å². The first-order valence-electron chi connectivity index (χ1n) is 17.7. The van der Waals surface area contributed by atoms with Gasteiger partial charge in [0.25, 0.3) is 0 Å². The highest BCUT2D eigenvalue weighted by molar-refractivity contribution is 6.22. The molecular weight excluding hydrogens is 593 g/mol. The van der Waals surface area contributed by atoms with Gasteiger partial charge in [-0.1, -0.05) is 115 Å². The molecule has 234 valence electrons. The third-order valence-electron chi connectivity index (χ3n) is 10.7. The quantitative estimate of drug-likeness (QED) is 0.177. The predicted molar refractivity (Wildman–Crippen MR) is 208 cm³/mol. The van der Waals surface area contributed by atoms with Crippen molar-refractivity contribution in [2.45, 2.75) is 38.5 Å². The Morgan fingerprint density at radius 1 is 0.531 bits per heavy atom. The van der Waals surface area contributed by atoms with Gasteiger partial charge in [-0.3, -0.25) is 4.57 Å². The summed E-state index contributed by atoms with van der Waals surface area (Å²) in [6.07, 6.45) is 22.2. The Morgan fingerprint density at radius 3 is 2.12 bits per heavy atom. The molecule has 0 saturated carbocycles. The molecule has 3 aliphatic rings. The minimum Gasteiger partial charge on any atom is -0.300 e. The highest BCUT2D eigenvalue weighted by Gasteiger charge is 2.24. The van der Waals surface area contributed by atoms with Crippen LogP contribution < -0.4 is 0 Å². The van der Waals surface area contributed by atoms with Gasteiger partial charge in [0.2, 0.25) is 0 Å². The van der Waals surface area contributed by atoms with Gasteiger partial charge >= 0.3 is 0 Å². The van der Waals surface area contributed by atoms with E-state index in [1.165, 1.54) is 77.1 Å². The Labute approximate surface area is 287 Å². The fourth-order valence-corrected chi connectivity index (χ4v) is 8.41. The number of aryl methyl sites for hydroxylation is 1. The van der Waals surface area contributed by atoms with Crippen LogP contribution in [0.1, 0.15) is 48.2 Å². The molecule has 1 aromatic heterocycles. The summed E-state index contributed by atoms with van der Waals surface area (Å²) in [4.78, 5) is 5.34. The van der Waals surface area contributed by atoms with Crippen LogP contribution in [0.4, 0.5) is 0 Å². The van der Waals surface area contributed by atoms with Crippen LogP contribution in [0.2, 0.25) is 0 Å². The fraction of sp³-hybridized carbons (Fsp3) is 0.128. The largest absolute Gasteiger partial charge is 0.300 e. The first-order chi connectivity index (χ1) is 24.3. The van der Waals surface area contributed by atoms with Gasteiger partial charge < -0.3 is 0 Å². The molecule has 2 heteroatoms. The van der Waals surface area contributed by atoms with E-state index in [1.807, 2.05) is 0 Å². The molecule has 2 nitrogen and oxygen atoms in total. The standard InChI is InChI=1S/C47H36N2/c1-2-16-38(17-3-1)49-44-21-11-10-20-43(44)48-47(49)37-26-27-41-42(30-37)46(36-25-23-32-13-5-7-15-34(32)29-36)40-19-9-8-18-39(40)45(41)35-24-22-31-12-4-6-14-33(31)28-35/h1-2,5-10,13-16,18-20,22-30H,3-4,11-12,17,21H2. The number of allylic oxidation sites excluding steroid dienone is 6. The second-order valence-electron chi connectivity index (χ2n) is 13.6. The van der Waals surface area contributed by atoms with Gasteiger partial charge in [0.1, 0.15) is 5.82 Å². The number of hydrogen-bond donors (Lipinski definition) is 0. The molecule has 0 saturated heterocycles. The number of rotatable bonds is 4. The van der Waals surface area contributed by atoms with Crippen molar-refractivity contribution in [3.8, 4) is 33.6 Å². The number of fused-ring (bicyclic) bond motifs is 5. The summed E-state index contributed by atoms with van der Waals surface area (Å²) in [7, 11) is 0. The predicted octanol–water partition coefficient (Wildman–Crippen LogP) is 12.5. The Morgan fingerprint density at radius 2 is 1.24 bits per heavy atom. The number of hydrogen-bond acceptors (Lipinski definition) is 1. The van der Waals surface area contributed by atoms with Crippen molar-refractivity contribution in [1.82, 2.24) is 9.55 Å². The smallest absolute Gasteiger partial charge is 0.145 e. The Hall–Kier alpha value is -5.73. The first kappa shape index (κ1) is 28.3. The van der Waals surface area contributed by atoms with Crippen molar-refractivity contribution in [2.75, 3.05) is 0 Å². The van der Waals surface area contributed by atoms with E-state index in [4.69, 9.17) is 4.98 Å². The van der Waals surface area contributed by atoms with Gasteiger partial charge in [-0.2, -0.15) is 0 Å². The number of nitrogens with zero attached hydrogens (tertiary/aromatic N) is 2. The Balaban J connectivity index is 1.30. The van der Waals surface area contributed by atoms with E-state index in [-0.39, 0.29) is 0 Å². The summed E-state index contributed by atoms with van der Waals surface area (Å²) in [5.74, 6) is 1.04. The van der Waals surface area contributed by atoms with Crippen molar-refractivity contribution in [1.29, 1.82) is 0 Å². The van der Waals surface area contributed by atoms with Crippen molar-refractivity contribution in [2.24, 2.45) is 0 Å². The lowest BCUT2D eigenvalue weighted by Crippen LogP contribution is -2.07. The molecule has 0 fully saturated rings. The molecule has 0 amide bonds. The summed E-state index contributed by atoms with van der Waals surface area (Å²) < 4.78 is 2.47. The summed E-state index contributed by atoms with van der Waals surface area (Å²) in [5.41, 5.74) is 12.8. The third kappa shape index (κ3) is 4.66. The zero-order valence-electron chi connectivity index (χ0n) is 27.5. The maximum absolute atomic E-state index is 5.34. The van der Waals surface area contributed by atoms with E-state index in [2.05, 4.69) is 150 Å². The average molecular weight is 629 g/mol. The Kier molecular flexibility index (Phi) is 6.62. The number of imidazole rings is 1. The Bertz CT molecular complexity index is 2600. The maximum atomic E-state index is 5.34. The molecule has 0 N–H and O–H groups in total. The van der Waals surface area contributed by atoms with Crippen LogP contribution in [0.3, 0.4) is 0 Å². The van der Waals surface area contributed by atoms with Crippen LogP contribution in [0, 0.1) is 0 Å². The zero-order valence-corrected chi connectivity index (χ0v) is 27.5. The summed E-state index contributed by atoms with van der Waals surface area (Å²) in [6, 6.07) is 38.9. The van der Waals surface area contributed by atoms with E-state index in [1.54, 1.807) is 0 Å². The van der Waals surface area contributed by atoms with Gasteiger partial charge in [-0.15, -0.1) is 0 Å². The molecule has 1 heterocycles. The summed E-state index contributed by atoms with van der Waals surface area (Å²) in [6.45, 7) is 0. The van der Waals surface area contributed by atoms with Gasteiger partial charge in [0.05, 0.1) is 11.4 Å². The minimum absolute atomic E-state index is 1.01. The maximum Gasteiger partial charge on any atom is 0.145 e. The molecule has 0 aliphatic heterocycles.